The summed E-state index contributed by atoms with van der Waals surface area (Å²) < 4.78 is 13.3. The first kappa shape index (κ1) is 10.4. The number of hydrogen-bond donors (Lipinski definition) is 0. The lowest BCUT2D eigenvalue weighted by Crippen LogP contribution is -2.04. The normalized spacial score (nSPS) is 11.2. The number of hydrogen-bond acceptors (Lipinski definition) is 2. The van der Waals surface area contributed by atoms with Crippen LogP contribution in [0.5, 0.6) is 0 Å². The van der Waals surface area contributed by atoms with Crippen molar-refractivity contribution in [1.29, 1.82) is 0 Å². The predicted molar refractivity (Wildman–Crippen MR) is 54.1 cm³/mol. The van der Waals surface area contributed by atoms with Gasteiger partial charge in [-0.15, -0.1) is 0 Å². The summed E-state index contributed by atoms with van der Waals surface area (Å²) in [6.45, 7) is 0. The molecular weight excluding hydrogens is 181 g/mol. The van der Waals surface area contributed by atoms with Crippen LogP contribution in [-0.4, -0.2) is 25.3 Å². The molecule has 0 saturated carbocycles. The smallest absolute Gasteiger partial charge is 0.152 e. The summed E-state index contributed by atoms with van der Waals surface area (Å²) in [5.74, 6) is -0.382. The highest BCUT2D eigenvalue weighted by Crippen LogP contribution is 2.15. The van der Waals surface area contributed by atoms with Gasteiger partial charge in [-0.1, -0.05) is 18.2 Å². The molecule has 0 N–H and O–H groups in total. The van der Waals surface area contributed by atoms with Gasteiger partial charge in [0.05, 0.1) is 0 Å². The van der Waals surface area contributed by atoms with Gasteiger partial charge in [0.1, 0.15) is 5.82 Å². The monoisotopic (exact) mass is 193 g/mol. The van der Waals surface area contributed by atoms with Crippen molar-refractivity contribution in [2.24, 2.45) is 0 Å². The minimum atomic E-state index is -0.382. The van der Waals surface area contributed by atoms with Crippen molar-refractivity contribution in [2.75, 3.05) is 14.1 Å². The Morgan fingerprint density at radius 3 is 2.50 bits per heavy atom. The molecule has 3 heteroatoms. The molecule has 0 saturated heterocycles. The molecule has 0 aliphatic carbocycles. The quantitative estimate of drug-likeness (QED) is 0.540. The van der Waals surface area contributed by atoms with Crippen molar-refractivity contribution >= 4 is 11.9 Å². The van der Waals surface area contributed by atoms with Crippen LogP contribution in [0.3, 0.4) is 0 Å². The van der Waals surface area contributed by atoms with Gasteiger partial charge < -0.3 is 4.90 Å². The third-order valence-electron chi connectivity index (χ3n) is 1.71. The summed E-state index contributed by atoms with van der Waals surface area (Å²) in [5, 5.41) is 0. The Bertz CT molecular complexity index is 358. The largest absolute Gasteiger partial charge is 0.383 e. The van der Waals surface area contributed by atoms with Crippen LogP contribution in [-0.2, 0) is 4.79 Å². The molecule has 0 atom stereocenters. The number of carbonyl (C=O) groups excluding carboxylic acids is 1. The third kappa shape index (κ3) is 2.42. The van der Waals surface area contributed by atoms with Crippen molar-refractivity contribution in [3.63, 3.8) is 0 Å². The minimum Gasteiger partial charge on any atom is -0.383 e. The Hall–Kier alpha value is -1.64. The van der Waals surface area contributed by atoms with E-state index < -0.39 is 0 Å². The van der Waals surface area contributed by atoms with E-state index in [1.807, 2.05) is 0 Å². The number of aldehydes is 1. The fraction of sp³-hybridized carbons (Fsp3) is 0.182. The van der Waals surface area contributed by atoms with Crippen LogP contribution >= 0.6 is 0 Å². The van der Waals surface area contributed by atoms with E-state index >= 15 is 0 Å². The summed E-state index contributed by atoms with van der Waals surface area (Å²) in [6, 6.07) is 6.21. The van der Waals surface area contributed by atoms with Crippen LogP contribution < -0.4 is 0 Å². The average Bonchev–Trinajstić information content (AvgIpc) is 2.15. The number of halogens is 1. The van der Waals surface area contributed by atoms with Crippen LogP contribution in [0.15, 0.2) is 30.5 Å². The second-order valence-electron chi connectivity index (χ2n) is 3.15. The molecule has 0 heterocycles. The number of nitrogens with zero attached hydrogens (tertiary/aromatic N) is 1. The van der Waals surface area contributed by atoms with Crippen molar-refractivity contribution < 1.29 is 9.18 Å². The van der Waals surface area contributed by atoms with Crippen molar-refractivity contribution in [2.45, 2.75) is 0 Å². The second-order valence-corrected chi connectivity index (χ2v) is 3.15. The van der Waals surface area contributed by atoms with Gasteiger partial charge in [0.25, 0.3) is 0 Å². The summed E-state index contributed by atoms with van der Waals surface area (Å²) in [5.41, 5.74) is 0.671. The Kier molecular flexibility index (Phi) is 3.40. The molecule has 1 rings (SSSR count). The van der Waals surface area contributed by atoms with E-state index in [4.69, 9.17) is 0 Å². The molecular formula is C11H12FNO. The Morgan fingerprint density at radius 2 is 2.00 bits per heavy atom. The zero-order chi connectivity index (χ0) is 10.6. The van der Waals surface area contributed by atoms with Crippen molar-refractivity contribution in [1.82, 2.24) is 4.90 Å². The van der Waals surface area contributed by atoms with E-state index in [-0.39, 0.29) is 5.82 Å². The molecule has 0 amide bonds. The maximum absolute atomic E-state index is 13.3. The van der Waals surface area contributed by atoms with Crippen LogP contribution in [0.25, 0.3) is 5.57 Å². The molecule has 14 heavy (non-hydrogen) atoms. The summed E-state index contributed by atoms with van der Waals surface area (Å²) >= 11 is 0. The number of allylic oxidation sites excluding steroid dienone is 1. The molecule has 1 aromatic rings. The SMILES string of the molecule is CN(C)/C=C(/C=O)c1ccccc1F. The minimum absolute atomic E-state index is 0.330. The van der Waals surface area contributed by atoms with Gasteiger partial charge in [-0.2, -0.15) is 0 Å². The van der Waals surface area contributed by atoms with Crippen LogP contribution in [0.2, 0.25) is 0 Å². The number of rotatable bonds is 3. The van der Waals surface area contributed by atoms with Gasteiger partial charge in [0, 0.05) is 31.4 Å². The first-order chi connectivity index (χ1) is 6.65. The molecule has 0 spiro atoms. The van der Waals surface area contributed by atoms with Crippen molar-refractivity contribution in [3.05, 3.63) is 41.8 Å². The number of carbonyl (C=O) groups is 1. The second kappa shape index (κ2) is 4.56. The average molecular weight is 193 g/mol. The van der Waals surface area contributed by atoms with E-state index in [2.05, 4.69) is 0 Å². The van der Waals surface area contributed by atoms with Crippen molar-refractivity contribution in [3.8, 4) is 0 Å². The highest BCUT2D eigenvalue weighted by molar-refractivity contribution is 6.06. The number of benzene rings is 1. The van der Waals surface area contributed by atoms with E-state index in [1.54, 1.807) is 43.4 Å². The summed E-state index contributed by atoms with van der Waals surface area (Å²) in [4.78, 5) is 12.4. The lowest BCUT2D eigenvalue weighted by molar-refractivity contribution is -0.103. The van der Waals surface area contributed by atoms with Gasteiger partial charge in [0.15, 0.2) is 6.29 Å². The fourth-order valence-electron chi connectivity index (χ4n) is 1.14. The zero-order valence-electron chi connectivity index (χ0n) is 8.20. The zero-order valence-corrected chi connectivity index (χ0v) is 8.20. The predicted octanol–water partition coefficient (Wildman–Crippen LogP) is 1.93. The molecule has 0 aliphatic heterocycles. The molecule has 0 bridgehead atoms. The maximum atomic E-state index is 13.3. The Morgan fingerprint density at radius 1 is 1.36 bits per heavy atom. The lowest BCUT2D eigenvalue weighted by atomic mass is 10.1. The van der Waals surface area contributed by atoms with Gasteiger partial charge in [-0.05, 0) is 6.07 Å². The highest BCUT2D eigenvalue weighted by Gasteiger charge is 2.05. The molecule has 0 radical (unpaired) electrons. The van der Waals surface area contributed by atoms with Crippen LogP contribution in [0.4, 0.5) is 4.39 Å². The molecule has 0 aromatic heterocycles. The van der Waals surface area contributed by atoms with Crippen LogP contribution in [0, 0.1) is 5.82 Å². The summed E-state index contributed by atoms with van der Waals surface area (Å²) in [6.07, 6.45) is 2.24. The standard InChI is InChI=1S/C11H12FNO/c1-13(2)7-9(8-14)10-5-3-4-6-11(10)12/h3-8H,1-2H3/b9-7-. The van der Waals surface area contributed by atoms with E-state index in [9.17, 15) is 9.18 Å². The molecule has 2 nitrogen and oxygen atoms in total. The Balaban J connectivity index is 3.13. The third-order valence-corrected chi connectivity index (χ3v) is 1.71. The molecule has 0 aliphatic rings. The molecule has 0 unspecified atom stereocenters. The fourth-order valence-corrected chi connectivity index (χ4v) is 1.14. The highest BCUT2D eigenvalue weighted by atomic mass is 19.1. The van der Waals surface area contributed by atoms with E-state index in [1.165, 1.54) is 6.07 Å². The summed E-state index contributed by atoms with van der Waals surface area (Å²) in [7, 11) is 3.56. The van der Waals surface area contributed by atoms with E-state index in [0.717, 1.165) is 0 Å². The Labute approximate surface area is 82.7 Å². The van der Waals surface area contributed by atoms with Gasteiger partial charge in [0.2, 0.25) is 0 Å². The molecule has 0 fully saturated rings. The first-order valence-corrected chi connectivity index (χ1v) is 4.23. The maximum Gasteiger partial charge on any atom is 0.152 e. The van der Waals surface area contributed by atoms with Gasteiger partial charge in [-0.25, -0.2) is 4.39 Å². The van der Waals surface area contributed by atoms with Gasteiger partial charge in [-0.3, -0.25) is 4.79 Å². The van der Waals surface area contributed by atoms with Gasteiger partial charge >= 0.3 is 0 Å². The van der Waals surface area contributed by atoms with E-state index in [0.29, 0.717) is 17.4 Å². The topological polar surface area (TPSA) is 20.3 Å². The first-order valence-electron chi connectivity index (χ1n) is 4.23. The lowest BCUT2D eigenvalue weighted by Gasteiger charge is -2.07. The molecule has 1 aromatic carbocycles. The molecule has 74 valence electrons. The van der Waals surface area contributed by atoms with Crippen LogP contribution in [0.1, 0.15) is 5.56 Å².